The second kappa shape index (κ2) is 9.15. The van der Waals surface area contributed by atoms with Crippen LogP contribution in [0.1, 0.15) is 44.6 Å². The zero-order chi connectivity index (χ0) is 25.4. The SMILES string of the molecule is NC(=O)c1cccc(-n2cnc3c2C(=O)CC(c2ccc(-c4ccccc4S(N)(=O)=O)cc2)NC3)c1. The van der Waals surface area contributed by atoms with E-state index in [2.05, 4.69) is 10.3 Å². The summed E-state index contributed by atoms with van der Waals surface area (Å²) in [6, 6.07) is 20.4. The van der Waals surface area contributed by atoms with Gasteiger partial charge in [0.2, 0.25) is 15.9 Å². The number of carbonyl (C=O) groups is 2. The molecule has 0 radical (unpaired) electrons. The first-order valence-electron chi connectivity index (χ1n) is 11.2. The Labute approximate surface area is 207 Å². The van der Waals surface area contributed by atoms with Crippen molar-refractivity contribution >= 4 is 21.7 Å². The van der Waals surface area contributed by atoms with Gasteiger partial charge >= 0.3 is 0 Å². The van der Waals surface area contributed by atoms with Crippen molar-refractivity contribution in [2.24, 2.45) is 10.9 Å². The molecule has 5 rings (SSSR count). The number of rotatable bonds is 5. The molecule has 0 saturated carbocycles. The van der Waals surface area contributed by atoms with Crippen LogP contribution in [0.4, 0.5) is 0 Å². The summed E-state index contributed by atoms with van der Waals surface area (Å²) in [6.45, 7) is 0.379. The average molecular weight is 502 g/mol. The molecular formula is C26H23N5O4S. The molecular weight excluding hydrogens is 478 g/mol. The van der Waals surface area contributed by atoms with Gasteiger partial charge in [0.1, 0.15) is 12.0 Å². The van der Waals surface area contributed by atoms with Crippen LogP contribution in [0.3, 0.4) is 0 Å². The van der Waals surface area contributed by atoms with Crippen LogP contribution in [0.2, 0.25) is 0 Å². The highest BCUT2D eigenvalue weighted by atomic mass is 32.2. The van der Waals surface area contributed by atoms with Gasteiger partial charge in [-0.25, -0.2) is 18.5 Å². The summed E-state index contributed by atoms with van der Waals surface area (Å²) in [6.07, 6.45) is 1.77. The smallest absolute Gasteiger partial charge is 0.248 e. The van der Waals surface area contributed by atoms with E-state index >= 15 is 0 Å². The van der Waals surface area contributed by atoms with Crippen molar-refractivity contribution < 1.29 is 18.0 Å². The largest absolute Gasteiger partial charge is 0.366 e. The minimum absolute atomic E-state index is 0.0551. The molecule has 0 aliphatic carbocycles. The Morgan fingerprint density at radius 3 is 2.50 bits per heavy atom. The fourth-order valence-electron chi connectivity index (χ4n) is 4.47. The summed E-state index contributed by atoms with van der Waals surface area (Å²) in [7, 11) is -3.88. The lowest BCUT2D eigenvalue weighted by atomic mass is 9.97. The monoisotopic (exact) mass is 501 g/mol. The Hall–Kier alpha value is -4.12. The van der Waals surface area contributed by atoms with Crippen LogP contribution in [0.5, 0.6) is 0 Å². The van der Waals surface area contributed by atoms with Crippen molar-refractivity contribution in [2.45, 2.75) is 23.9 Å². The molecule has 1 aliphatic heterocycles. The molecule has 182 valence electrons. The maximum atomic E-state index is 13.3. The average Bonchev–Trinajstić information content (AvgIpc) is 3.23. The highest BCUT2D eigenvalue weighted by molar-refractivity contribution is 7.89. The molecule has 2 heterocycles. The predicted octanol–water partition coefficient (Wildman–Crippen LogP) is 2.70. The number of primary sulfonamides is 1. The summed E-state index contributed by atoms with van der Waals surface area (Å²) in [4.78, 5) is 29.4. The Kier molecular flexibility index (Phi) is 6.00. The molecule has 10 heteroatoms. The number of carbonyl (C=O) groups excluding carboxylic acids is 2. The van der Waals surface area contributed by atoms with Crippen LogP contribution in [0.15, 0.2) is 84.0 Å². The van der Waals surface area contributed by atoms with Gasteiger partial charge in [-0.05, 0) is 35.4 Å². The number of fused-ring (bicyclic) bond motifs is 1. The van der Waals surface area contributed by atoms with Crippen molar-refractivity contribution in [3.63, 3.8) is 0 Å². The maximum Gasteiger partial charge on any atom is 0.248 e. The summed E-state index contributed by atoms with van der Waals surface area (Å²) >= 11 is 0. The molecule has 1 aromatic heterocycles. The van der Waals surface area contributed by atoms with Gasteiger partial charge in [-0.1, -0.05) is 48.5 Å². The van der Waals surface area contributed by atoms with E-state index in [-0.39, 0.29) is 23.1 Å². The number of imidazole rings is 1. The van der Waals surface area contributed by atoms with E-state index in [9.17, 15) is 18.0 Å². The standard InChI is InChI=1S/C26H23N5O4S/c27-26(33)18-4-3-5-19(12-18)31-15-30-22-14-29-21(13-23(32)25(22)31)17-10-8-16(9-11-17)20-6-1-2-7-24(20)36(28,34)35/h1-12,15,21,29H,13-14H2,(H2,27,33)(H2,28,34,35). The molecule has 3 aromatic carbocycles. The number of nitrogens with two attached hydrogens (primary N) is 2. The highest BCUT2D eigenvalue weighted by Gasteiger charge is 2.28. The lowest BCUT2D eigenvalue weighted by Gasteiger charge is -2.17. The van der Waals surface area contributed by atoms with E-state index < -0.39 is 15.9 Å². The molecule has 5 N–H and O–H groups in total. The van der Waals surface area contributed by atoms with Crippen LogP contribution in [-0.4, -0.2) is 29.7 Å². The van der Waals surface area contributed by atoms with Crippen molar-refractivity contribution in [3.8, 4) is 16.8 Å². The zero-order valence-electron chi connectivity index (χ0n) is 19.1. The summed E-state index contributed by atoms with van der Waals surface area (Å²) in [5.74, 6) is -0.642. The number of hydrogen-bond acceptors (Lipinski definition) is 6. The fraction of sp³-hybridized carbons (Fsp3) is 0.115. The fourth-order valence-corrected chi connectivity index (χ4v) is 5.23. The van der Waals surface area contributed by atoms with E-state index in [1.54, 1.807) is 53.4 Å². The third-order valence-electron chi connectivity index (χ3n) is 6.24. The Morgan fingerprint density at radius 2 is 1.78 bits per heavy atom. The number of benzene rings is 3. The topological polar surface area (TPSA) is 150 Å². The number of nitrogens with zero attached hydrogens (tertiary/aromatic N) is 2. The molecule has 36 heavy (non-hydrogen) atoms. The van der Waals surface area contributed by atoms with Crippen LogP contribution < -0.4 is 16.2 Å². The van der Waals surface area contributed by atoms with Gasteiger partial charge in [-0.15, -0.1) is 0 Å². The molecule has 0 saturated heterocycles. The molecule has 0 spiro atoms. The normalized spacial score (nSPS) is 15.8. The van der Waals surface area contributed by atoms with Crippen LogP contribution in [0, 0.1) is 0 Å². The molecule has 1 amide bonds. The van der Waals surface area contributed by atoms with Gasteiger partial charge in [-0.3, -0.25) is 14.2 Å². The Morgan fingerprint density at radius 1 is 1.03 bits per heavy atom. The number of nitrogens with one attached hydrogen (secondary N) is 1. The second-order valence-electron chi connectivity index (χ2n) is 8.55. The number of hydrogen-bond donors (Lipinski definition) is 3. The minimum Gasteiger partial charge on any atom is -0.366 e. The van der Waals surface area contributed by atoms with Gasteiger partial charge in [0, 0.05) is 35.8 Å². The van der Waals surface area contributed by atoms with Gasteiger partial charge in [-0.2, -0.15) is 0 Å². The number of amides is 1. The first kappa shape index (κ1) is 23.6. The third-order valence-corrected chi connectivity index (χ3v) is 7.21. The molecule has 0 fully saturated rings. The molecule has 9 nitrogen and oxygen atoms in total. The number of sulfonamides is 1. The van der Waals surface area contributed by atoms with E-state index in [1.165, 1.54) is 6.07 Å². The highest BCUT2D eigenvalue weighted by Crippen LogP contribution is 2.30. The number of primary amides is 1. The summed E-state index contributed by atoms with van der Waals surface area (Å²) in [5, 5.41) is 8.76. The first-order chi connectivity index (χ1) is 17.2. The summed E-state index contributed by atoms with van der Waals surface area (Å²) in [5.41, 5.74) is 9.56. The van der Waals surface area contributed by atoms with Crippen LogP contribution >= 0.6 is 0 Å². The molecule has 1 unspecified atom stereocenters. The number of aromatic nitrogens is 2. The third kappa shape index (κ3) is 4.44. The summed E-state index contributed by atoms with van der Waals surface area (Å²) < 4.78 is 25.6. The second-order valence-corrected chi connectivity index (χ2v) is 10.1. The number of ketones is 1. The molecule has 1 atom stereocenters. The maximum absolute atomic E-state index is 13.3. The van der Waals surface area contributed by atoms with E-state index in [0.717, 1.165) is 5.56 Å². The minimum atomic E-state index is -3.88. The van der Waals surface area contributed by atoms with E-state index in [4.69, 9.17) is 10.9 Å². The van der Waals surface area contributed by atoms with Gasteiger partial charge in [0.25, 0.3) is 0 Å². The predicted molar refractivity (Wildman–Crippen MR) is 134 cm³/mol. The van der Waals surface area contributed by atoms with Crippen molar-refractivity contribution in [1.29, 1.82) is 0 Å². The lowest BCUT2D eigenvalue weighted by molar-refractivity contribution is 0.0965. The van der Waals surface area contributed by atoms with Crippen molar-refractivity contribution in [3.05, 3.63) is 102 Å². The van der Waals surface area contributed by atoms with Gasteiger partial charge in [0.15, 0.2) is 5.78 Å². The first-order valence-corrected chi connectivity index (χ1v) is 12.7. The van der Waals surface area contributed by atoms with Crippen molar-refractivity contribution in [2.75, 3.05) is 0 Å². The Bertz CT molecular complexity index is 1590. The van der Waals surface area contributed by atoms with E-state index in [0.29, 0.717) is 40.3 Å². The number of Topliss-reactive ketones (excluding diaryl/α,β-unsaturated/α-hetero) is 1. The van der Waals surface area contributed by atoms with Crippen LogP contribution in [0.25, 0.3) is 16.8 Å². The molecule has 1 aliphatic rings. The quantitative estimate of drug-likeness (QED) is 0.383. The molecule has 4 aromatic rings. The van der Waals surface area contributed by atoms with E-state index in [1.807, 2.05) is 24.3 Å². The Balaban J connectivity index is 1.42. The van der Waals surface area contributed by atoms with Crippen LogP contribution in [-0.2, 0) is 16.6 Å². The van der Waals surface area contributed by atoms with Gasteiger partial charge < -0.3 is 11.1 Å². The van der Waals surface area contributed by atoms with Crippen molar-refractivity contribution in [1.82, 2.24) is 14.9 Å². The zero-order valence-corrected chi connectivity index (χ0v) is 19.9. The lowest BCUT2D eigenvalue weighted by Crippen LogP contribution is -2.20. The van der Waals surface area contributed by atoms with Gasteiger partial charge in [0.05, 0.1) is 10.6 Å². The molecule has 0 bridgehead atoms.